The molecule has 1 amide bonds. The monoisotopic (exact) mass is 445 g/mol. The number of benzene rings is 2. The lowest BCUT2D eigenvalue weighted by atomic mass is 9.91. The lowest BCUT2D eigenvalue weighted by molar-refractivity contribution is -0.920. The Morgan fingerprint density at radius 3 is 2.33 bits per heavy atom. The SMILES string of the molecule is C[N+]1(C(C(N)=O)c2cnccn2)CC[C@@H](OC(=O)C2(O)c3ccccc3-c3ccccc32)C1. The number of primary amides is 1. The molecule has 3 aromatic rings. The van der Waals surface area contributed by atoms with Gasteiger partial charge in [-0.15, -0.1) is 0 Å². The van der Waals surface area contributed by atoms with Gasteiger partial charge in [0.15, 0.2) is 6.10 Å². The lowest BCUT2D eigenvalue weighted by Gasteiger charge is -2.35. The molecule has 0 bridgehead atoms. The summed E-state index contributed by atoms with van der Waals surface area (Å²) in [5.41, 5.74) is 7.00. The molecule has 1 aliphatic carbocycles. The summed E-state index contributed by atoms with van der Waals surface area (Å²) in [6.07, 6.45) is 4.65. The number of carbonyl (C=O) groups excluding carboxylic acids is 2. The highest BCUT2D eigenvalue weighted by Crippen LogP contribution is 2.48. The van der Waals surface area contributed by atoms with E-state index in [1.54, 1.807) is 24.3 Å². The molecule has 2 aromatic carbocycles. The van der Waals surface area contributed by atoms with Crippen LogP contribution in [0.15, 0.2) is 67.1 Å². The number of hydrogen-bond donors (Lipinski definition) is 2. The summed E-state index contributed by atoms with van der Waals surface area (Å²) in [5, 5.41) is 11.7. The van der Waals surface area contributed by atoms with Gasteiger partial charge in [-0.05, 0) is 11.1 Å². The van der Waals surface area contributed by atoms with Crippen LogP contribution in [0, 0.1) is 0 Å². The van der Waals surface area contributed by atoms with E-state index in [-0.39, 0.29) is 4.48 Å². The molecular formula is C25H25N4O4+. The van der Waals surface area contributed by atoms with Gasteiger partial charge in [-0.1, -0.05) is 48.5 Å². The van der Waals surface area contributed by atoms with E-state index in [9.17, 15) is 14.7 Å². The minimum Gasteiger partial charge on any atom is -0.453 e. The average molecular weight is 445 g/mol. The van der Waals surface area contributed by atoms with Crippen LogP contribution in [0.2, 0.25) is 0 Å². The summed E-state index contributed by atoms with van der Waals surface area (Å²) < 4.78 is 6.13. The molecule has 8 nitrogen and oxygen atoms in total. The van der Waals surface area contributed by atoms with E-state index < -0.39 is 29.6 Å². The molecule has 33 heavy (non-hydrogen) atoms. The molecule has 2 heterocycles. The van der Waals surface area contributed by atoms with Crippen LogP contribution in [0.3, 0.4) is 0 Å². The maximum Gasteiger partial charge on any atom is 0.348 e. The third kappa shape index (κ3) is 3.30. The number of fused-ring (bicyclic) bond motifs is 3. The van der Waals surface area contributed by atoms with Crippen molar-refractivity contribution in [2.75, 3.05) is 20.1 Å². The van der Waals surface area contributed by atoms with Crippen molar-refractivity contribution in [3.8, 4) is 11.1 Å². The molecule has 0 radical (unpaired) electrons. The van der Waals surface area contributed by atoms with Crippen LogP contribution >= 0.6 is 0 Å². The van der Waals surface area contributed by atoms with Crippen molar-refractivity contribution >= 4 is 11.9 Å². The highest BCUT2D eigenvalue weighted by Gasteiger charge is 2.52. The molecule has 2 aliphatic rings. The third-order valence-corrected chi connectivity index (χ3v) is 6.83. The number of rotatable bonds is 5. The number of ether oxygens (including phenoxy) is 1. The number of likely N-dealkylation sites (tertiary alicyclic amines) is 1. The standard InChI is InChI=1S/C25H24N4O4/c1-29(22(23(26)30)21-14-27-11-12-28-21)13-10-16(15-29)33-24(31)25(32)19-8-4-2-6-17(19)18-7-3-5-9-20(18)25/h2-9,11-12,14,16,22,32H,10,13,15H2,1H3,(H-,26,30)/p+1/t16-,22?,29?/m1/s1. The van der Waals surface area contributed by atoms with Crippen LogP contribution in [-0.4, -0.2) is 57.7 Å². The molecule has 8 heteroatoms. The molecule has 0 saturated carbocycles. The fourth-order valence-electron chi connectivity index (χ4n) is 5.31. The maximum atomic E-state index is 13.4. The average Bonchev–Trinajstić information content (AvgIpc) is 3.31. The fraction of sp³-hybridized carbons (Fsp3) is 0.280. The van der Waals surface area contributed by atoms with E-state index in [4.69, 9.17) is 10.5 Å². The van der Waals surface area contributed by atoms with Crippen molar-refractivity contribution in [2.45, 2.75) is 24.2 Å². The molecule has 1 aromatic heterocycles. The number of quaternary nitrogens is 1. The van der Waals surface area contributed by atoms with Gasteiger partial charge in [-0.25, -0.2) is 4.79 Å². The predicted octanol–water partition coefficient (Wildman–Crippen LogP) is 1.68. The van der Waals surface area contributed by atoms with E-state index in [1.165, 1.54) is 18.6 Å². The van der Waals surface area contributed by atoms with Crippen molar-refractivity contribution < 1.29 is 23.9 Å². The fourth-order valence-corrected chi connectivity index (χ4v) is 5.31. The minimum atomic E-state index is -1.88. The van der Waals surface area contributed by atoms with Crippen molar-refractivity contribution in [3.05, 3.63) is 83.9 Å². The maximum absolute atomic E-state index is 13.4. The molecule has 5 rings (SSSR count). The van der Waals surface area contributed by atoms with Gasteiger partial charge in [-0.3, -0.25) is 14.8 Å². The quantitative estimate of drug-likeness (QED) is 0.456. The molecule has 0 spiro atoms. The number of hydrogen-bond acceptors (Lipinski definition) is 6. The zero-order valence-corrected chi connectivity index (χ0v) is 18.2. The lowest BCUT2D eigenvalue weighted by Crippen LogP contribution is -2.51. The second kappa shape index (κ2) is 7.75. The predicted molar refractivity (Wildman–Crippen MR) is 119 cm³/mol. The van der Waals surface area contributed by atoms with Crippen LogP contribution in [0.5, 0.6) is 0 Å². The van der Waals surface area contributed by atoms with Crippen LogP contribution in [0.4, 0.5) is 0 Å². The van der Waals surface area contributed by atoms with Crippen molar-refractivity contribution in [1.82, 2.24) is 9.97 Å². The van der Waals surface area contributed by atoms with Crippen LogP contribution in [0.25, 0.3) is 11.1 Å². The minimum absolute atomic E-state index is 0.248. The first-order chi connectivity index (χ1) is 15.8. The molecule has 1 fully saturated rings. The number of nitrogens with two attached hydrogens (primary N) is 1. The highest BCUT2D eigenvalue weighted by atomic mass is 16.6. The Labute approximate surface area is 191 Å². The highest BCUT2D eigenvalue weighted by molar-refractivity contribution is 5.96. The number of esters is 1. The summed E-state index contributed by atoms with van der Waals surface area (Å²) in [7, 11) is 1.90. The molecule has 3 N–H and O–H groups in total. The summed E-state index contributed by atoms with van der Waals surface area (Å²) in [6, 6.07) is 13.9. The summed E-state index contributed by atoms with van der Waals surface area (Å²) in [4.78, 5) is 34.1. The number of amides is 1. The Balaban J connectivity index is 1.41. The molecule has 1 saturated heterocycles. The number of likely N-dealkylation sites (N-methyl/N-ethyl adjacent to an activating group) is 1. The summed E-state index contributed by atoms with van der Waals surface area (Å²) in [6.45, 7) is 0.934. The Bertz CT molecular complexity index is 1190. The Kier molecular flexibility index (Phi) is 4.99. The van der Waals surface area contributed by atoms with Gasteiger partial charge < -0.3 is 20.1 Å². The molecule has 168 valence electrons. The van der Waals surface area contributed by atoms with Gasteiger partial charge in [0.25, 0.3) is 5.91 Å². The Hall–Kier alpha value is -3.62. The van der Waals surface area contributed by atoms with Gasteiger partial charge in [0, 0.05) is 29.9 Å². The van der Waals surface area contributed by atoms with Gasteiger partial charge in [0.1, 0.15) is 12.2 Å². The normalized spacial score (nSPS) is 23.4. The molecule has 3 atom stereocenters. The van der Waals surface area contributed by atoms with E-state index in [0.717, 1.165) is 11.1 Å². The second-order valence-electron chi connectivity index (χ2n) is 8.94. The second-order valence-corrected chi connectivity index (χ2v) is 8.94. The first kappa shape index (κ1) is 21.2. The molecule has 2 unspecified atom stereocenters. The van der Waals surface area contributed by atoms with Crippen LogP contribution in [-0.2, 0) is 19.9 Å². The number of carbonyl (C=O) groups is 2. The van der Waals surface area contributed by atoms with Gasteiger partial charge in [0.2, 0.25) is 11.6 Å². The number of aromatic nitrogens is 2. The Morgan fingerprint density at radius 2 is 1.76 bits per heavy atom. The van der Waals surface area contributed by atoms with E-state index in [0.29, 0.717) is 36.3 Å². The zero-order chi connectivity index (χ0) is 23.2. The van der Waals surface area contributed by atoms with Gasteiger partial charge in [0.05, 0.1) is 19.8 Å². The number of aliphatic hydroxyl groups is 1. The van der Waals surface area contributed by atoms with Crippen molar-refractivity contribution in [3.63, 3.8) is 0 Å². The topological polar surface area (TPSA) is 115 Å². The first-order valence-corrected chi connectivity index (χ1v) is 10.9. The van der Waals surface area contributed by atoms with Gasteiger partial charge >= 0.3 is 5.97 Å². The summed E-state index contributed by atoms with van der Waals surface area (Å²) >= 11 is 0. The van der Waals surface area contributed by atoms with E-state index in [1.807, 2.05) is 31.3 Å². The van der Waals surface area contributed by atoms with Gasteiger partial charge in [-0.2, -0.15) is 0 Å². The number of nitrogens with zero attached hydrogens (tertiary/aromatic N) is 3. The van der Waals surface area contributed by atoms with Crippen LogP contribution < -0.4 is 5.73 Å². The van der Waals surface area contributed by atoms with E-state index in [2.05, 4.69) is 9.97 Å². The molecular weight excluding hydrogens is 420 g/mol. The Morgan fingerprint density at radius 1 is 1.12 bits per heavy atom. The van der Waals surface area contributed by atoms with Crippen molar-refractivity contribution in [2.24, 2.45) is 5.73 Å². The zero-order valence-electron chi connectivity index (χ0n) is 18.2. The molecule has 1 aliphatic heterocycles. The third-order valence-electron chi connectivity index (χ3n) is 6.83. The van der Waals surface area contributed by atoms with E-state index >= 15 is 0 Å². The largest absolute Gasteiger partial charge is 0.453 e. The van der Waals surface area contributed by atoms with Crippen LogP contribution in [0.1, 0.15) is 29.3 Å². The first-order valence-electron chi connectivity index (χ1n) is 10.9. The van der Waals surface area contributed by atoms with Crippen molar-refractivity contribution in [1.29, 1.82) is 0 Å². The summed E-state index contributed by atoms with van der Waals surface area (Å²) in [5.74, 6) is -1.23. The smallest absolute Gasteiger partial charge is 0.348 e.